The van der Waals surface area contributed by atoms with Gasteiger partial charge < -0.3 is 9.47 Å². The fourth-order valence-electron chi connectivity index (χ4n) is 2.81. The summed E-state index contributed by atoms with van der Waals surface area (Å²) in [6, 6.07) is 11.1. The number of ether oxygens (including phenoxy) is 2. The third-order valence-electron chi connectivity index (χ3n) is 4.10. The number of carbonyl (C=O) groups excluding carboxylic acids is 3. The van der Waals surface area contributed by atoms with Crippen molar-refractivity contribution in [1.29, 1.82) is 0 Å². The number of para-hydroxylation sites is 1. The standard InChI is InChI=1S/C20H16BrN3O7/c1-2-30-17(25)11-31-18-12(8-13(21)10-16(18)24(28)29)9-15-19(26)22-23(20(15)27)14-6-4-3-5-7-14/h3-10H,2,11H2,1H3,(H,22,26). The summed E-state index contributed by atoms with van der Waals surface area (Å²) < 4.78 is 10.4. The van der Waals surface area contributed by atoms with Gasteiger partial charge in [0.1, 0.15) is 5.57 Å². The summed E-state index contributed by atoms with van der Waals surface area (Å²) in [6.07, 6.45) is 1.18. The normalized spacial score (nSPS) is 14.5. The van der Waals surface area contributed by atoms with E-state index in [-0.39, 0.29) is 23.5 Å². The Morgan fingerprint density at radius 1 is 1.26 bits per heavy atom. The second-order valence-corrected chi connectivity index (χ2v) is 7.08. The van der Waals surface area contributed by atoms with Crippen molar-refractivity contribution in [2.75, 3.05) is 18.2 Å². The van der Waals surface area contributed by atoms with Crippen molar-refractivity contribution in [3.05, 3.63) is 68.2 Å². The van der Waals surface area contributed by atoms with E-state index in [9.17, 15) is 24.5 Å². The van der Waals surface area contributed by atoms with Gasteiger partial charge in [-0.15, -0.1) is 0 Å². The Morgan fingerprint density at radius 2 is 1.97 bits per heavy atom. The monoisotopic (exact) mass is 489 g/mol. The van der Waals surface area contributed by atoms with Gasteiger partial charge in [-0.3, -0.25) is 25.1 Å². The molecule has 1 fully saturated rings. The van der Waals surface area contributed by atoms with E-state index in [4.69, 9.17) is 9.47 Å². The first-order chi connectivity index (χ1) is 14.8. The van der Waals surface area contributed by atoms with Crippen LogP contribution in [0.2, 0.25) is 0 Å². The number of amides is 2. The lowest BCUT2D eigenvalue weighted by molar-refractivity contribution is -0.385. The van der Waals surface area contributed by atoms with Gasteiger partial charge in [-0.2, -0.15) is 0 Å². The van der Waals surface area contributed by atoms with Crippen LogP contribution >= 0.6 is 15.9 Å². The zero-order valence-electron chi connectivity index (χ0n) is 16.2. The quantitative estimate of drug-likeness (QED) is 0.208. The van der Waals surface area contributed by atoms with Crippen molar-refractivity contribution in [3.8, 4) is 5.75 Å². The molecule has 2 aromatic carbocycles. The molecule has 10 nitrogen and oxygen atoms in total. The number of rotatable bonds is 7. The first-order valence-corrected chi connectivity index (χ1v) is 9.79. The fraction of sp³-hybridized carbons (Fsp3) is 0.150. The van der Waals surface area contributed by atoms with Crippen LogP contribution in [0.15, 0.2) is 52.5 Å². The summed E-state index contributed by atoms with van der Waals surface area (Å²) in [7, 11) is 0. The summed E-state index contributed by atoms with van der Waals surface area (Å²) in [6.45, 7) is 1.15. The van der Waals surface area contributed by atoms with Crippen LogP contribution in [0.3, 0.4) is 0 Å². The number of nitrogens with one attached hydrogen (secondary N) is 1. The molecule has 11 heteroatoms. The van der Waals surface area contributed by atoms with Gasteiger partial charge >= 0.3 is 11.7 Å². The molecule has 0 radical (unpaired) electrons. The summed E-state index contributed by atoms with van der Waals surface area (Å²) in [4.78, 5) is 47.7. The molecule has 0 atom stereocenters. The SMILES string of the molecule is CCOC(=O)COc1c(C=C2C(=O)NN(c3ccccc3)C2=O)cc(Br)cc1[N+](=O)[O-]. The second-order valence-electron chi connectivity index (χ2n) is 6.17. The molecule has 0 aliphatic carbocycles. The van der Waals surface area contributed by atoms with Crippen LogP contribution in [0.25, 0.3) is 6.08 Å². The van der Waals surface area contributed by atoms with Crippen molar-refractivity contribution in [3.63, 3.8) is 0 Å². The molecule has 1 saturated heterocycles. The van der Waals surface area contributed by atoms with Gasteiger partial charge in [0.05, 0.1) is 17.2 Å². The van der Waals surface area contributed by atoms with Gasteiger partial charge in [0.25, 0.3) is 11.8 Å². The number of esters is 1. The number of hydrazine groups is 1. The predicted molar refractivity (Wildman–Crippen MR) is 113 cm³/mol. The highest BCUT2D eigenvalue weighted by Gasteiger charge is 2.35. The first kappa shape index (κ1) is 22.0. The number of nitro benzene ring substituents is 1. The van der Waals surface area contributed by atoms with Gasteiger partial charge in [-0.25, -0.2) is 9.80 Å². The smallest absolute Gasteiger partial charge is 0.344 e. The minimum atomic E-state index is -0.719. The molecule has 0 aromatic heterocycles. The van der Waals surface area contributed by atoms with Gasteiger partial charge in [0, 0.05) is 16.1 Å². The third-order valence-corrected chi connectivity index (χ3v) is 4.56. The van der Waals surface area contributed by atoms with Crippen molar-refractivity contribution in [2.45, 2.75) is 6.92 Å². The van der Waals surface area contributed by atoms with Crippen molar-refractivity contribution >= 4 is 51.2 Å². The number of anilines is 1. The lowest BCUT2D eigenvalue weighted by atomic mass is 10.1. The molecule has 1 heterocycles. The molecular formula is C20H16BrN3O7. The molecule has 1 N–H and O–H groups in total. The maximum absolute atomic E-state index is 12.8. The topological polar surface area (TPSA) is 128 Å². The number of hydrogen-bond acceptors (Lipinski definition) is 7. The van der Waals surface area contributed by atoms with Crippen LogP contribution in [0.4, 0.5) is 11.4 Å². The third kappa shape index (κ3) is 4.89. The van der Waals surface area contributed by atoms with Crippen LogP contribution in [0, 0.1) is 10.1 Å². The van der Waals surface area contributed by atoms with E-state index < -0.39 is 35.0 Å². The van der Waals surface area contributed by atoms with Crippen LogP contribution in [-0.2, 0) is 19.1 Å². The van der Waals surface area contributed by atoms with E-state index >= 15 is 0 Å². The molecule has 0 spiro atoms. The van der Waals surface area contributed by atoms with Gasteiger partial charge in [-0.05, 0) is 31.2 Å². The Balaban J connectivity index is 2.02. The molecule has 1 aliphatic heterocycles. The molecule has 0 unspecified atom stereocenters. The van der Waals surface area contributed by atoms with Gasteiger partial charge in [0.15, 0.2) is 6.61 Å². The van der Waals surface area contributed by atoms with Crippen LogP contribution < -0.4 is 15.2 Å². The highest BCUT2D eigenvalue weighted by molar-refractivity contribution is 9.10. The van der Waals surface area contributed by atoms with Crippen molar-refractivity contribution in [1.82, 2.24) is 5.43 Å². The molecule has 31 heavy (non-hydrogen) atoms. The molecule has 0 saturated carbocycles. The van der Waals surface area contributed by atoms with Crippen LogP contribution in [0.5, 0.6) is 5.75 Å². The van der Waals surface area contributed by atoms with Gasteiger partial charge in [-0.1, -0.05) is 34.1 Å². The number of benzene rings is 2. The lowest BCUT2D eigenvalue weighted by Crippen LogP contribution is -2.35. The average molecular weight is 490 g/mol. The molecule has 2 amide bonds. The van der Waals surface area contributed by atoms with E-state index in [2.05, 4.69) is 21.4 Å². The molecule has 160 valence electrons. The Morgan fingerprint density at radius 3 is 2.61 bits per heavy atom. The van der Waals surface area contributed by atoms with E-state index in [0.717, 1.165) is 5.01 Å². The summed E-state index contributed by atoms with van der Waals surface area (Å²) >= 11 is 3.17. The zero-order valence-corrected chi connectivity index (χ0v) is 17.7. The minimum absolute atomic E-state index is 0.0683. The van der Waals surface area contributed by atoms with Crippen LogP contribution in [0.1, 0.15) is 12.5 Å². The molecule has 3 rings (SSSR count). The van der Waals surface area contributed by atoms with Crippen LogP contribution in [-0.4, -0.2) is 35.9 Å². The maximum atomic E-state index is 12.8. The van der Waals surface area contributed by atoms with E-state index in [1.54, 1.807) is 37.3 Å². The molecule has 2 aromatic rings. The zero-order chi connectivity index (χ0) is 22.5. The lowest BCUT2D eigenvalue weighted by Gasteiger charge is -2.14. The van der Waals surface area contributed by atoms with E-state index in [1.165, 1.54) is 18.2 Å². The minimum Gasteiger partial charge on any atom is -0.474 e. The Bertz CT molecular complexity index is 1090. The highest BCUT2D eigenvalue weighted by Crippen LogP contribution is 2.36. The average Bonchev–Trinajstić information content (AvgIpc) is 3.01. The summed E-state index contributed by atoms with van der Waals surface area (Å²) in [5.74, 6) is -2.32. The number of nitrogens with zero attached hydrogens (tertiary/aromatic N) is 2. The Kier molecular flexibility index (Phi) is 6.65. The summed E-state index contributed by atoms with van der Waals surface area (Å²) in [5, 5.41) is 12.6. The second kappa shape index (κ2) is 9.39. The fourth-order valence-corrected chi connectivity index (χ4v) is 3.27. The number of halogens is 1. The first-order valence-electron chi connectivity index (χ1n) is 9.00. The highest BCUT2D eigenvalue weighted by atomic mass is 79.9. The molecule has 1 aliphatic rings. The largest absolute Gasteiger partial charge is 0.474 e. The van der Waals surface area contributed by atoms with E-state index in [1.807, 2.05) is 0 Å². The number of hydrogen-bond donors (Lipinski definition) is 1. The maximum Gasteiger partial charge on any atom is 0.344 e. The molecular weight excluding hydrogens is 474 g/mol. The van der Waals surface area contributed by atoms with Crippen molar-refractivity contribution in [2.24, 2.45) is 0 Å². The van der Waals surface area contributed by atoms with Gasteiger partial charge in [0.2, 0.25) is 5.75 Å². The Hall–Kier alpha value is -3.73. The predicted octanol–water partition coefficient (Wildman–Crippen LogP) is 2.76. The molecule has 0 bridgehead atoms. The Labute approximate surface area is 184 Å². The number of carbonyl (C=O) groups is 3. The van der Waals surface area contributed by atoms with E-state index in [0.29, 0.717) is 10.2 Å². The number of nitro groups is 1. The summed E-state index contributed by atoms with van der Waals surface area (Å²) in [5.41, 5.74) is 2.26. The van der Waals surface area contributed by atoms with Crippen molar-refractivity contribution < 1.29 is 28.8 Å².